The van der Waals surface area contributed by atoms with Gasteiger partial charge in [-0.05, 0) is 48.6 Å². The SMILES string of the molecule is CCOC([O])=CC1CC1C1CC1(c1ccccc1)c1ccccc1. The molecule has 2 aromatic rings. The zero-order valence-electron chi connectivity index (χ0n) is 14.0. The molecule has 0 spiro atoms. The molecule has 24 heavy (non-hydrogen) atoms. The third-order valence-corrected chi connectivity index (χ3v) is 5.64. The molecule has 0 aliphatic heterocycles. The molecule has 2 heteroatoms. The predicted octanol–water partition coefficient (Wildman–Crippen LogP) is 4.94. The molecular formula is C22H23O2. The van der Waals surface area contributed by atoms with Crippen LogP contribution in [0.25, 0.3) is 0 Å². The van der Waals surface area contributed by atoms with Gasteiger partial charge in [0.15, 0.2) is 0 Å². The number of hydrogen-bond acceptors (Lipinski definition) is 1. The Morgan fingerprint density at radius 3 is 2.21 bits per heavy atom. The van der Waals surface area contributed by atoms with Crippen LogP contribution in [0.3, 0.4) is 0 Å². The van der Waals surface area contributed by atoms with Crippen LogP contribution >= 0.6 is 0 Å². The van der Waals surface area contributed by atoms with Gasteiger partial charge in [-0.3, -0.25) is 0 Å². The van der Waals surface area contributed by atoms with Gasteiger partial charge in [0.25, 0.3) is 0 Å². The first-order valence-electron chi connectivity index (χ1n) is 8.88. The van der Waals surface area contributed by atoms with Gasteiger partial charge in [-0.25, -0.2) is 5.11 Å². The average Bonchev–Trinajstić information content (AvgIpc) is 3.51. The average molecular weight is 319 g/mol. The van der Waals surface area contributed by atoms with Crippen LogP contribution in [0.15, 0.2) is 72.7 Å². The van der Waals surface area contributed by atoms with Crippen molar-refractivity contribution >= 4 is 0 Å². The monoisotopic (exact) mass is 319 g/mol. The fourth-order valence-corrected chi connectivity index (χ4v) is 4.36. The maximum atomic E-state index is 11.7. The summed E-state index contributed by atoms with van der Waals surface area (Å²) in [5.41, 5.74) is 2.94. The minimum Gasteiger partial charge on any atom is -0.463 e. The molecule has 0 saturated heterocycles. The standard InChI is InChI=1S/C22H23O2/c1-2-24-21(23)14-16-13-19(16)20-15-22(20,17-9-5-3-6-10-17)18-11-7-4-8-12-18/h3-12,14,16,19-20H,2,13,15H2,1H3. The van der Waals surface area contributed by atoms with Crippen molar-refractivity contribution in [2.24, 2.45) is 17.8 Å². The van der Waals surface area contributed by atoms with E-state index in [1.807, 2.05) is 6.92 Å². The predicted molar refractivity (Wildman–Crippen MR) is 93.8 cm³/mol. The minimum absolute atomic E-state index is 0.129. The smallest absolute Gasteiger partial charge is 0.326 e. The maximum absolute atomic E-state index is 11.7. The van der Waals surface area contributed by atoms with E-state index in [2.05, 4.69) is 60.7 Å². The minimum atomic E-state index is -0.157. The molecule has 0 bridgehead atoms. The third-order valence-electron chi connectivity index (χ3n) is 5.64. The Labute approximate surface area is 143 Å². The van der Waals surface area contributed by atoms with Gasteiger partial charge in [-0.15, -0.1) is 0 Å². The molecule has 4 rings (SSSR count). The Balaban J connectivity index is 1.59. The van der Waals surface area contributed by atoms with Gasteiger partial charge in [-0.1, -0.05) is 60.7 Å². The van der Waals surface area contributed by atoms with Crippen molar-refractivity contribution in [3.05, 3.63) is 83.8 Å². The van der Waals surface area contributed by atoms with Crippen LogP contribution in [0.4, 0.5) is 0 Å². The molecule has 0 amide bonds. The van der Waals surface area contributed by atoms with Crippen molar-refractivity contribution in [2.45, 2.75) is 25.2 Å². The van der Waals surface area contributed by atoms with Gasteiger partial charge in [-0.2, -0.15) is 0 Å². The van der Waals surface area contributed by atoms with E-state index >= 15 is 0 Å². The highest BCUT2D eigenvalue weighted by atomic mass is 16.6. The maximum Gasteiger partial charge on any atom is 0.326 e. The lowest BCUT2D eigenvalue weighted by atomic mass is 9.84. The van der Waals surface area contributed by atoms with E-state index < -0.39 is 0 Å². The second-order valence-corrected chi connectivity index (χ2v) is 7.00. The molecule has 2 aliphatic carbocycles. The molecule has 2 aliphatic rings. The summed E-state index contributed by atoms with van der Waals surface area (Å²) in [5.74, 6) is 1.46. The van der Waals surface area contributed by atoms with Gasteiger partial charge in [0, 0.05) is 11.5 Å². The highest BCUT2D eigenvalue weighted by Gasteiger charge is 2.64. The summed E-state index contributed by atoms with van der Waals surface area (Å²) >= 11 is 0. The first kappa shape index (κ1) is 15.3. The van der Waals surface area contributed by atoms with Gasteiger partial charge >= 0.3 is 5.95 Å². The quantitative estimate of drug-likeness (QED) is 0.694. The lowest BCUT2D eigenvalue weighted by molar-refractivity contribution is 0.0581. The highest BCUT2D eigenvalue weighted by molar-refractivity contribution is 5.48. The fraction of sp³-hybridized carbons (Fsp3) is 0.364. The molecule has 0 heterocycles. The van der Waals surface area contributed by atoms with Crippen LogP contribution < -0.4 is 0 Å². The molecule has 2 saturated carbocycles. The molecule has 1 radical (unpaired) electrons. The van der Waals surface area contributed by atoms with Crippen LogP contribution in [0.2, 0.25) is 0 Å². The van der Waals surface area contributed by atoms with Gasteiger partial charge in [0.2, 0.25) is 0 Å². The molecule has 2 fully saturated rings. The largest absolute Gasteiger partial charge is 0.463 e. The number of rotatable bonds is 6. The number of allylic oxidation sites excluding steroid dienone is 1. The zero-order chi connectivity index (χ0) is 16.6. The topological polar surface area (TPSA) is 29.1 Å². The summed E-state index contributed by atoms with van der Waals surface area (Å²) in [6.45, 7) is 2.31. The number of hydrogen-bond donors (Lipinski definition) is 0. The lowest BCUT2D eigenvalue weighted by Crippen LogP contribution is -2.13. The van der Waals surface area contributed by atoms with Gasteiger partial charge in [0.1, 0.15) is 0 Å². The number of ether oxygens (including phenoxy) is 1. The second-order valence-electron chi connectivity index (χ2n) is 7.00. The van der Waals surface area contributed by atoms with Crippen LogP contribution in [0.1, 0.15) is 30.9 Å². The molecule has 3 unspecified atom stereocenters. The highest BCUT2D eigenvalue weighted by Crippen LogP contribution is 2.68. The van der Waals surface area contributed by atoms with Gasteiger partial charge < -0.3 is 4.74 Å². The summed E-state index contributed by atoms with van der Waals surface area (Å²) in [6.07, 6.45) is 4.09. The van der Waals surface area contributed by atoms with Crippen molar-refractivity contribution < 1.29 is 9.84 Å². The van der Waals surface area contributed by atoms with Crippen molar-refractivity contribution in [1.29, 1.82) is 0 Å². The first-order valence-corrected chi connectivity index (χ1v) is 8.88. The molecular weight excluding hydrogens is 296 g/mol. The number of benzene rings is 2. The third kappa shape index (κ3) is 2.60. The Bertz CT molecular complexity index is 681. The summed E-state index contributed by atoms with van der Waals surface area (Å²) in [7, 11) is 0. The van der Waals surface area contributed by atoms with Crippen molar-refractivity contribution in [3.63, 3.8) is 0 Å². The zero-order valence-corrected chi connectivity index (χ0v) is 14.0. The second kappa shape index (κ2) is 6.01. The Kier molecular flexibility index (Phi) is 3.84. The molecule has 2 nitrogen and oxygen atoms in total. The molecule has 3 atom stereocenters. The van der Waals surface area contributed by atoms with Crippen LogP contribution in [-0.2, 0) is 15.3 Å². The summed E-state index contributed by atoms with van der Waals surface area (Å²) < 4.78 is 5.07. The van der Waals surface area contributed by atoms with Crippen molar-refractivity contribution in [1.82, 2.24) is 0 Å². The van der Waals surface area contributed by atoms with E-state index in [0.717, 1.165) is 6.42 Å². The van der Waals surface area contributed by atoms with Crippen LogP contribution in [-0.4, -0.2) is 6.61 Å². The van der Waals surface area contributed by atoms with E-state index in [4.69, 9.17) is 4.74 Å². The van der Waals surface area contributed by atoms with Crippen molar-refractivity contribution in [3.8, 4) is 0 Å². The Morgan fingerprint density at radius 2 is 1.67 bits per heavy atom. The van der Waals surface area contributed by atoms with Crippen molar-refractivity contribution in [2.75, 3.05) is 6.61 Å². The fourth-order valence-electron chi connectivity index (χ4n) is 4.36. The van der Waals surface area contributed by atoms with E-state index in [1.165, 1.54) is 17.5 Å². The Morgan fingerprint density at radius 1 is 1.08 bits per heavy atom. The summed E-state index contributed by atoms with van der Waals surface area (Å²) in [6, 6.07) is 21.7. The summed E-state index contributed by atoms with van der Waals surface area (Å²) in [4.78, 5) is 0. The normalized spacial score (nSPS) is 27.5. The molecule has 2 aromatic carbocycles. The lowest BCUT2D eigenvalue weighted by Gasteiger charge is -2.19. The van der Waals surface area contributed by atoms with Crippen LogP contribution in [0.5, 0.6) is 0 Å². The van der Waals surface area contributed by atoms with Gasteiger partial charge in [0.05, 0.1) is 6.61 Å². The molecule has 0 aromatic heterocycles. The van der Waals surface area contributed by atoms with E-state index in [0.29, 0.717) is 24.4 Å². The summed E-state index contributed by atoms with van der Waals surface area (Å²) in [5, 5.41) is 11.7. The molecule has 0 N–H and O–H groups in total. The van der Waals surface area contributed by atoms with E-state index in [-0.39, 0.29) is 11.4 Å². The van der Waals surface area contributed by atoms with Crippen LogP contribution in [0, 0.1) is 17.8 Å². The molecule has 123 valence electrons. The Hall–Kier alpha value is -2.22. The first-order chi connectivity index (χ1) is 11.8. The van der Waals surface area contributed by atoms with E-state index in [9.17, 15) is 5.11 Å². The van der Waals surface area contributed by atoms with E-state index in [1.54, 1.807) is 6.08 Å².